The quantitative estimate of drug-likeness (QED) is 0.671. The van der Waals surface area contributed by atoms with E-state index in [0.717, 1.165) is 10.6 Å². The molecular weight excluding hydrogens is 205 g/mol. The van der Waals surface area contributed by atoms with Crippen molar-refractivity contribution in [2.24, 2.45) is 7.05 Å². The molecule has 0 spiro atoms. The molecule has 15 heavy (non-hydrogen) atoms. The maximum Gasteiger partial charge on any atom is 0.431 e. The molecule has 1 aromatic carbocycles. The van der Waals surface area contributed by atoms with Crippen LogP contribution in [-0.4, -0.2) is 4.57 Å². The van der Waals surface area contributed by atoms with Gasteiger partial charge in [-0.1, -0.05) is 12.1 Å². The molecule has 2 aromatic rings. The van der Waals surface area contributed by atoms with E-state index in [0.29, 0.717) is 16.6 Å². The average Bonchev–Trinajstić information content (AvgIpc) is 2.44. The first-order valence-electron chi connectivity index (χ1n) is 4.32. The van der Waals surface area contributed by atoms with Gasteiger partial charge in [0, 0.05) is 12.4 Å². The van der Waals surface area contributed by atoms with Gasteiger partial charge in [0.2, 0.25) is 0 Å². The van der Waals surface area contributed by atoms with Gasteiger partial charge in [-0.05, 0) is 12.1 Å². The lowest BCUT2D eigenvalue weighted by Crippen LogP contribution is -2.10. The predicted molar refractivity (Wildman–Crippen MR) is 52.3 cm³/mol. The van der Waals surface area contributed by atoms with Crippen molar-refractivity contribution in [3.8, 4) is 0 Å². The van der Waals surface area contributed by atoms with Gasteiger partial charge in [-0.3, -0.25) is 0 Å². The monoisotopic (exact) mass is 214 g/mol. The van der Waals surface area contributed by atoms with E-state index in [1.807, 2.05) is 0 Å². The van der Waals surface area contributed by atoms with Crippen LogP contribution in [0.1, 0.15) is 5.69 Å². The Morgan fingerprint density at radius 2 is 1.93 bits per heavy atom. The SMILES string of the molecule is Cn1c(C(F)(F)F)cc2cccc(N)c21. The second kappa shape index (κ2) is 2.92. The first-order chi connectivity index (χ1) is 6.91. The Morgan fingerprint density at radius 1 is 1.27 bits per heavy atom. The van der Waals surface area contributed by atoms with Crippen molar-refractivity contribution < 1.29 is 13.2 Å². The van der Waals surface area contributed by atoms with E-state index in [2.05, 4.69) is 0 Å². The summed E-state index contributed by atoms with van der Waals surface area (Å²) in [4.78, 5) is 0. The smallest absolute Gasteiger partial charge is 0.397 e. The van der Waals surface area contributed by atoms with Gasteiger partial charge in [-0.2, -0.15) is 13.2 Å². The first kappa shape index (κ1) is 9.89. The van der Waals surface area contributed by atoms with E-state index in [4.69, 9.17) is 5.73 Å². The van der Waals surface area contributed by atoms with Gasteiger partial charge in [-0.15, -0.1) is 0 Å². The number of alkyl halides is 3. The summed E-state index contributed by atoms with van der Waals surface area (Å²) in [6.07, 6.45) is -4.35. The Morgan fingerprint density at radius 3 is 2.47 bits per heavy atom. The minimum atomic E-state index is -4.35. The third-order valence-electron chi connectivity index (χ3n) is 2.38. The van der Waals surface area contributed by atoms with Crippen LogP contribution in [0.4, 0.5) is 18.9 Å². The Kier molecular flexibility index (Phi) is 1.92. The molecule has 0 amide bonds. The van der Waals surface area contributed by atoms with Crippen LogP contribution < -0.4 is 5.73 Å². The van der Waals surface area contributed by atoms with Crippen LogP contribution in [0, 0.1) is 0 Å². The number of aryl methyl sites for hydroxylation is 1. The number of nitrogens with zero attached hydrogens (tertiary/aromatic N) is 1. The van der Waals surface area contributed by atoms with E-state index in [9.17, 15) is 13.2 Å². The largest absolute Gasteiger partial charge is 0.431 e. The predicted octanol–water partition coefficient (Wildman–Crippen LogP) is 2.78. The standard InChI is InChI=1S/C10H9F3N2/c1-15-8(10(11,12)13)5-6-3-2-4-7(14)9(6)15/h2-5H,14H2,1H3. The minimum Gasteiger partial charge on any atom is -0.397 e. The second-order valence-electron chi connectivity index (χ2n) is 3.37. The minimum absolute atomic E-state index is 0.352. The Hall–Kier alpha value is -1.65. The number of hydrogen-bond donors (Lipinski definition) is 1. The molecule has 0 atom stereocenters. The van der Waals surface area contributed by atoms with Crippen molar-refractivity contribution in [1.29, 1.82) is 0 Å². The summed E-state index contributed by atoms with van der Waals surface area (Å²) in [6.45, 7) is 0. The number of halogens is 3. The van der Waals surface area contributed by atoms with Gasteiger partial charge in [-0.25, -0.2) is 0 Å². The van der Waals surface area contributed by atoms with Crippen LogP contribution in [0.25, 0.3) is 10.9 Å². The molecule has 0 aliphatic carbocycles. The Balaban J connectivity index is 2.82. The fourth-order valence-electron chi connectivity index (χ4n) is 1.72. The molecule has 0 aliphatic heterocycles. The van der Waals surface area contributed by atoms with E-state index in [1.165, 1.54) is 7.05 Å². The molecule has 0 saturated heterocycles. The molecule has 0 aliphatic rings. The number of para-hydroxylation sites is 1. The van der Waals surface area contributed by atoms with E-state index >= 15 is 0 Å². The van der Waals surface area contributed by atoms with Gasteiger partial charge < -0.3 is 10.3 Å². The number of rotatable bonds is 0. The van der Waals surface area contributed by atoms with Crippen LogP contribution in [0.2, 0.25) is 0 Å². The van der Waals surface area contributed by atoms with Gasteiger partial charge in [0.25, 0.3) is 0 Å². The summed E-state index contributed by atoms with van der Waals surface area (Å²) in [6, 6.07) is 5.94. The fraction of sp³-hybridized carbons (Fsp3) is 0.200. The van der Waals surface area contributed by atoms with Crippen molar-refractivity contribution >= 4 is 16.6 Å². The van der Waals surface area contributed by atoms with Crippen molar-refractivity contribution in [3.05, 3.63) is 30.0 Å². The number of aromatic nitrogens is 1. The lowest BCUT2D eigenvalue weighted by Gasteiger charge is -2.08. The van der Waals surface area contributed by atoms with Crippen molar-refractivity contribution in [3.63, 3.8) is 0 Å². The Labute approximate surface area is 84.1 Å². The lowest BCUT2D eigenvalue weighted by molar-refractivity contribution is -0.142. The second-order valence-corrected chi connectivity index (χ2v) is 3.37. The van der Waals surface area contributed by atoms with E-state index < -0.39 is 11.9 Å². The molecule has 0 saturated carbocycles. The van der Waals surface area contributed by atoms with Crippen LogP contribution in [0.15, 0.2) is 24.3 Å². The number of nitrogens with two attached hydrogens (primary N) is 1. The van der Waals surface area contributed by atoms with Gasteiger partial charge in [0.05, 0.1) is 11.2 Å². The fourth-order valence-corrected chi connectivity index (χ4v) is 1.72. The molecule has 0 bridgehead atoms. The summed E-state index contributed by atoms with van der Waals surface area (Å²) in [5.74, 6) is 0. The highest BCUT2D eigenvalue weighted by molar-refractivity contribution is 5.91. The molecule has 80 valence electrons. The highest BCUT2D eigenvalue weighted by atomic mass is 19.4. The van der Waals surface area contributed by atoms with Crippen molar-refractivity contribution in [1.82, 2.24) is 4.57 Å². The van der Waals surface area contributed by atoms with E-state index in [1.54, 1.807) is 18.2 Å². The normalized spacial score (nSPS) is 12.3. The van der Waals surface area contributed by atoms with Crippen molar-refractivity contribution in [2.75, 3.05) is 5.73 Å². The summed E-state index contributed by atoms with van der Waals surface area (Å²) in [5.41, 5.74) is 5.71. The topological polar surface area (TPSA) is 30.9 Å². The zero-order valence-electron chi connectivity index (χ0n) is 7.97. The van der Waals surface area contributed by atoms with Crippen LogP contribution in [0.3, 0.4) is 0 Å². The number of fused-ring (bicyclic) bond motifs is 1. The summed E-state index contributed by atoms with van der Waals surface area (Å²) < 4.78 is 38.7. The molecule has 0 unspecified atom stereocenters. The van der Waals surface area contributed by atoms with E-state index in [-0.39, 0.29) is 0 Å². The highest BCUT2D eigenvalue weighted by Gasteiger charge is 2.34. The van der Waals surface area contributed by atoms with Gasteiger partial charge in [0.1, 0.15) is 5.69 Å². The zero-order valence-corrected chi connectivity index (χ0v) is 7.97. The molecular formula is C10H9F3N2. The van der Waals surface area contributed by atoms with Crippen LogP contribution in [-0.2, 0) is 13.2 Å². The highest BCUT2D eigenvalue weighted by Crippen LogP contribution is 2.34. The molecule has 2 nitrogen and oxygen atoms in total. The summed E-state index contributed by atoms with van der Waals surface area (Å²) in [7, 11) is 1.36. The maximum absolute atomic E-state index is 12.6. The molecule has 5 heteroatoms. The molecule has 1 heterocycles. The van der Waals surface area contributed by atoms with Gasteiger partial charge in [0.15, 0.2) is 0 Å². The lowest BCUT2D eigenvalue weighted by atomic mass is 10.2. The maximum atomic E-state index is 12.6. The van der Waals surface area contributed by atoms with Gasteiger partial charge >= 0.3 is 6.18 Å². The summed E-state index contributed by atoms with van der Waals surface area (Å²) >= 11 is 0. The van der Waals surface area contributed by atoms with Crippen molar-refractivity contribution in [2.45, 2.75) is 6.18 Å². The van der Waals surface area contributed by atoms with Crippen LogP contribution >= 0.6 is 0 Å². The van der Waals surface area contributed by atoms with Crippen LogP contribution in [0.5, 0.6) is 0 Å². The third kappa shape index (κ3) is 1.44. The average molecular weight is 214 g/mol. The summed E-state index contributed by atoms with van der Waals surface area (Å²) in [5, 5.41) is 0.504. The third-order valence-corrected chi connectivity index (χ3v) is 2.38. The molecule has 0 radical (unpaired) electrons. The number of hydrogen-bond acceptors (Lipinski definition) is 1. The Bertz CT molecular complexity index is 511. The molecule has 2 N–H and O–H groups in total. The zero-order chi connectivity index (χ0) is 11.2. The first-order valence-corrected chi connectivity index (χ1v) is 4.32. The molecule has 0 fully saturated rings. The molecule has 1 aromatic heterocycles. The number of nitrogen functional groups attached to an aromatic ring is 1. The number of anilines is 1. The number of benzene rings is 1. The molecule has 2 rings (SSSR count).